The third kappa shape index (κ3) is 3.99. The molecule has 0 saturated carbocycles. The molecule has 1 aliphatic rings. The van der Waals surface area contributed by atoms with Crippen molar-refractivity contribution in [2.24, 2.45) is 0 Å². The van der Waals surface area contributed by atoms with Crippen molar-refractivity contribution in [3.05, 3.63) is 73.3 Å². The molecule has 4 heterocycles. The van der Waals surface area contributed by atoms with Gasteiger partial charge in [-0.1, -0.05) is 29.4 Å². The first-order chi connectivity index (χ1) is 16.3. The molecular weight excluding hydrogens is 414 g/mol. The van der Waals surface area contributed by atoms with Gasteiger partial charge in [0.15, 0.2) is 5.76 Å². The summed E-state index contributed by atoms with van der Waals surface area (Å²) in [7, 11) is 0. The number of benzene rings is 2. The van der Waals surface area contributed by atoms with Crippen LogP contribution in [0.1, 0.15) is 12.8 Å². The minimum atomic E-state index is 0.134. The SMILES string of the molecule is c1cc(-c2ccc3[nH]cc(-c4cncc(OC5CCCNC5)n4)c3c2)cc(-c2ccno2)c1. The highest BCUT2D eigenvalue weighted by molar-refractivity contribution is 5.97. The van der Waals surface area contributed by atoms with E-state index in [4.69, 9.17) is 14.2 Å². The molecule has 0 amide bonds. The van der Waals surface area contributed by atoms with Gasteiger partial charge in [0.05, 0.1) is 24.3 Å². The van der Waals surface area contributed by atoms with Crippen LogP contribution in [-0.4, -0.2) is 39.3 Å². The number of hydrogen-bond acceptors (Lipinski definition) is 6. The number of hydrogen-bond donors (Lipinski definition) is 2. The second-order valence-electron chi connectivity index (χ2n) is 8.25. The minimum absolute atomic E-state index is 0.134. The first kappa shape index (κ1) is 19.7. The number of aromatic nitrogens is 4. The molecule has 7 nitrogen and oxygen atoms in total. The molecule has 2 N–H and O–H groups in total. The summed E-state index contributed by atoms with van der Waals surface area (Å²) in [5.74, 6) is 1.31. The summed E-state index contributed by atoms with van der Waals surface area (Å²) in [6.45, 7) is 1.89. The molecule has 3 aromatic heterocycles. The van der Waals surface area contributed by atoms with E-state index >= 15 is 0 Å². The Balaban J connectivity index is 1.34. The Morgan fingerprint density at radius 3 is 2.82 bits per heavy atom. The molecule has 164 valence electrons. The number of H-pyrrole nitrogens is 1. The summed E-state index contributed by atoms with van der Waals surface area (Å²) < 4.78 is 11.4. The van der Waals surface area contributed by atoms with Gasteiger partial charge in [-0.2, -0.15) is 0 Å². The molecule has 1 fully saturated rings. The van der Waals surface area contributed by atoms with Crippen LogP contribution >= 0.6 is 0 Å². The summed E-state index contributed by atoms with van der Waals surface area (Å²) >= 11 is 0. The largest absolute Gasteiger partial charge is 0.472 e. The van der Waals surface area contributed by atoms with Crippen molar-refractivity contribution in [1.29, 1.82) is 0 Å². The molecule has 1 saturated heterocycles. The number of nitrogens with zero attached hydrogens (tertiary/aromatic N) is 3. The lowest BCUT2D eigenvalue weighted by atomic mass is 9.99. The molecule has 0 spiro atoms. The van der Waals surface area contributed by atoms with Crippen molar-refractivity contribution in [3.8, 4) is 39.6 Å². The van der Waals surface area contributed by atoms with Crippen LogP contribution in [-0.2, 0) is 0 Å². The van der Waals surface area contributed by atoms with Gasteiger partial charge in [-0.25, -0.2) is 4.98 Å². The first-order valence-electron chi connectivity index (χ1n) is 11.2. The Kier molecular flexibility index (Phi) is 5.08. The Morgan fingerprint density at radius 2 is 1.94 bits per heavy atom. The molecule has 1 aliphatic heterocycles. The molecule has 1 unspecified atom stereocenters. The zero-order valence-electron chi connectivity index (χ0n) is 18.0. The van der Waals surface area contributed by atoms with E-state index in [9.17, 15) is 0 Å². The van der Waals surface area contributed by atoms with Crippen LogP contribution in [0.15, 0.2) is 77.8 Å². The summed E-state index contributed by atoms with van der Waals surface area (Å²) in [4.78, 5) is 12.5. The molecule has 0 radical (unpaired) electrons. The van der Waals surface area contributed by atoms with E-state index in [0.29, 0.717) is 5.88 Å². The van der Waals surface area contributed by atoms with Gasteiger partial charge < -0.3 is 19.6 Å². The van der Waals surface area contributed by atoms with Gasteiger partial charge in [0.2, 0.25) is 5.88 Å². The molecule has 7 heteroatoms. The lowest BCUT2D eigenvalue weighted by molar-refractivity contribution is 0.160. The van der Waals surface area contributed by atoms with E-state index in [2.05, 4.69) is 50.8 Å². The third-order valence-corrected chi connectivity index (χ3v) is 6.03. The Hall–Kier alpha value is -3.97. The monoisotopic (exact) mass is 437 g/mol. The normalized spacial score (nSPS) is 16.2. The van der Waals surface area contributed by atoms with E-state index in [0.717, 1.165) is 70.5 Å². The lowest BCUT2D eigenvalue weighted by Crippen LogP contribution is -2.37. The predicted octanol–water partition coefficient (Wildman–Crippen LogP) is 5.08. The maximum Gasteiger partial charge on any atom is 0.233 e. The second kappa shape index (κ2) is 8.52. The number of aromatic amines is 1. The van der Waals surface area contributed by atoms with E-state index < -0.39 is 0 Å². The lowest BCUT2D eigenvalue weighted by Gasteiger charge is -2.23. The van der Waals surface area contributed by atoms with Gasteiger partial charge >= 0.3 is 0 Å². The summed E-state index contributed by atoms with van der Waals surface area (Å²) in [6, 6.07) is 16.5. The highest BCUT2D eigenvalue weighted by Crippen LogP contribution is 2.33. The Labute approximate surface area is 190 Å². The molecule has 0 bridgehead atoms. The highest BCUT2D eigenvalue weighted by Gasteiger charge is 2.16. The van der Waals surface area contributed by atoms with Gasteiger partial charge in [0, 0.05) is 40.8 Å². The standard InChI is InChI=1S/C26H23N5O2/c1-3-17(11-19(4-1)25-8-10-30-33-25)18-6-7-23-21(12-18)22(14-29-23)24-15-28-16-26(31-24)32-20-5-2-9-27-13-20/h1,3-4,6-8,10-12,14-16,20,27,29H,2,5,9,13H2. The fourth-order valence-electron chi connectivity index (χ4n) is 4.35. The van der Waals surface area contributed by atoms with Crippen LogP contribution in [0.5, 0.6) is 5.88 Å². The number of rotatable bonds is 5. The maximum atomic E-state index is 6.09. The summed E-state index contributed by atoms with van der Waals surface area (Å²) in [6.07, 6.45) is 9.39. The molecule has 5 aromatic rings. The van der Waals surface area contributed by atoms with Gasteiger partial charge in [-0.05, 0) is 48.7 Å². The third-order valence-electron chi connectivity index (χ3n) is 6.03. The van der Waals surface area contributed by atoms with Crippen LogP contribution in [0.25, 0.3) is 44.6 Å². The van der Waals surface area contributed by atoms with Gasteiger partial charge in [-0.15, -0.1) is 0 Å². The van der Waals surface area contributed by atoms with Gasteiger partial charge in [0.1, 0.15) is 6.10 Å². The molecule has 6 rings (SSSR count). The van der Waals surface area contributed by atoms with E-state index in [-0.39, 0.29) is 6.10 Å². The predicted molar refractivity (Wildman–Crippen MR) is 127 cm³/mol. The van der Waals surface area contributed by atoms with Crippen LogP contribution in [0, 0.1) is 0 Å². The maximum absolute atomic E-state index is 6.09. The summed E-state index contributed by atoms with van der Waals surface area (Å²) in [5, 5.41) is 8.27. The smallest absolute Gasteiger partial charge is 0.233 e. The zero-order chi connectivity index (χ0) is 22.0. The quantitative estimate of drug-likeness (QED) is 0.399. The minimum Gasteiger partial charge on any atom is -0.472 e. The topological polar surface area (TPSA) is 88.9 Å². The average Bonchev–Trinajstić information content (AvgIpc) is 3.55. The Bertz CT molecular complexity index is 1390. The Morgan fingerprint density at radius 1 is 1.00 bits per heavy atom. The average molecular weight is 438 g/mol. The first-order valence-corrected chi connectivity index (χ1v) is 11.2. The molecule has 2 aromatic carbocycles. The van der Waals surface area contributed by atoms with Crippen molar-refractivity contribution in [2.75, 3.05) is 13.1 Å². The molecule has 33 heavy (non-hydrogen) atoms. The highest BCUT2D eigenvalue weighted by atomic mass is 16.5. The second-order valence-corrected chi connectivity index (χ2v) is 8.25. The van der Waals surface area contributed by atoms with Crippen molar-refractivity contribution in [1.82, 2.24) is 25.4 Å². The van der Waals surface area contributed by atoms with Crippen molar-refractivity contribution in [3.63, 3.8) is 0 Å². The van der Waals surface area contributed by atoms with E-state index in [1.54, 1.807) is 18.6 Å². The number of nitrogens with one attached hydrogen (secondary N) is 2. The van der Waals surface area contributed by atoms with Crippen molar-refractivity contribution < 1.29 is 9.26 Å². The fraction of sp³-hybridized carbons (Fsp3) is 0.192. The molecule has 0 aliphatic carbocycles. The van der Waals surface area contributed by atoms with Crippen LogP contribution in [0.3, 0.4) is 0 Å². The zero-order valence-corrected chi connectivity index (χ0v) is 18.0. The van der Waals surface area contributed by atoms with E-state index in [1.165, 1.54) is 0 Å². The van der Waals surface area contributed by atoms with Crippen molar-refractivity contribution in [2.45, 2.75) is 18.9 Å². The number of ether oxygens (including phenoxy) is 1. The van der Waals surface area contributed by atoms with Gasteiger partial charge in [-0.3, -0.25) is 4.98 Å². The number of piperidine rings is 1. The number of fused-ring (bicyclic) bond motifs is 1. The molecule has 1 atom stereocenters. The van der Waals surface area contributed by atoms with E-state index in [1.807, 2.05) is 24.4 Å². The van der Waals surface area contributed by atoms with Gasteiger partial charge in [0.25, 0.3) is 0 Å². The summed E-state index contributed by atoms with van der Waals surface area (Å²) in [5.41, 5.74) is 6.04. The van der Waals surface area contributed by atoms with Crippen molar-refractivity contribution >= 4 is 10.9 Å². The van der Waals surface area contributed by atoms with Crippen LogP contribution < -0.4 is 10.1 Å². The van der Waals surface area contributed by atoms with Crippen LogP contribution in [0.4, 0.5) is 0 Å². The molecular formula is C26H23N5O2. The van der Waals surface area contributed by atoms with Crippen LogP contribution in [0.2, 0.25) is 0 Å². The fourth-order valence-corrected chi connectivity index (χ4v) is 4.35.